The van der Waals surface area contributed by atoms with E-state index in [9.17, 15) is 4.79 Å². The van der Waals surface area contributed by atoms with Crippen molar-refractivity contribution in [2.24, 2.45) is 5.73 Å². The molecular weight excluding hydrogens is 144 g/mol. The molecule has 0 radical (unpaired) electrons. The second kappa shape index (κ2) is 5.09. The van der Waals surface area contributed by atoms with Gasteiger partial charge in [-0.2, -0.15) is 0 Å². The Bertz CT molecular complexity index is 126. The minimum Gasteiger partial charge on any atom is -0.468 e. The minimum absolute atomic E-state index is 0.341. The van der Waals surface area contributed by atoms with E-state index in [1.54, 1.807) is 0 Å². The van der Waals surface area contributed by atoms with Crippen LogP contribution in [0.3, 0.4) is 0 Å². The van der Waals surface area contributed by atoms with E-state index in [1.807, 2.05) is 19.0 Å². The maximum atomic E-state index is 10.8. The second-order valence-electron chi connectivity index (χ2n) is 2.72. The molecule has 0 rings (SSSR count). The molecule has 0 bridgehead atoms. The van der Waals surface area contributed by atoms with E-state index in [-0.39, 0.29) is 5.97 Å². The fourth-order valence-electron chi connectivity index (χ4n) is 0.667. The van der Waals surface area contributed by atoms with Crippen LogP contribution in [-0.4, -0.2) is 44.7 Å². The normalized spacial score (nSPS) is 13.2. The molecule has 4 heteroatoms. The summed E-state index contributed by atoms with van der Waals surface area (Å²) in [5.74, 6) is -0.341. The maximum absolute atomic E-state index is 10.8. The first kappa shape index (κ1) is 10.4. The Hall–Kier alpha value is -0.610. The van der Waals surface area contributed by atoms with Crippen LogP contribution in [0.5, 0.6) is 0 Å². The third kappa shape index (κ3) is 4.75. The quantitative estimate of drug-likeness (QED) is 0.560. The predicted octanol–water partition coefficient (Wildman–Crippen LogP) is -0.562. The van der Waals surface area contributed by atoms with E-state index < -0.39 is 6.04 Å². The van der Waals surface area contributed by atoms with Crippen molar-refractivity contribution < 1.29 is 9.53 Å². The van der Waals surface area contributed by atoms with Crippen molar-refractivity contribution in [2.75, 3.05) is 27.7 Å². The summed E-state index contributed by atoms with van der Waals surface area (Å²) in [6, 6.07) is -0.484. The smallest absolute Gasteiger partial charge is 0.322 e. The van der Waals surface area contributed by atoms with Gasteiger partial charge in [0.1, 0.15) is 6.04 Å². The molecule has 66 valence electrons. The Balaban J connectivity index is 3.52. The first-order chi connectivity index (χ1) is 5.07. The summed E-state index contributed by atoms with van der Waals surface area (Å²) in [5.41, 5.74) is 5.47. The van der Waals surface area contributed by atoms with Crippen LogP contribution in [0.1, 0.15) is 6.42 Å². The average Bonchev–Trinajstić information content (AvgIpc) is 1.98. The van der Waals surface area contributed by atoms with Gasteiger partial charge in [0.15, 0.2) is 0 Å². The van der Waals surface area contributed by atoms with Crippen LogP contribution in [0.4, 0.5) is 0 Å². The highest BCUT2D eigenvalue weighted by atomic mass is 16.5. The lowest BCUT2D eigenvalue weighted by atomic mass is 10.2. The molecule has 0 saturated heterocycles. The molecule has 0 heterocycles. The number of nitrogens with two attached hydrogens (primary N) is 1. The van der Waals surface area contributed by atoms with Crippen LogP contribution < -0.4 is 5.73 Å². The van der Waals surface area contributed by atoms with Gasteiger partial charge in [-0.25, -0.2) is 0 Å². The number of hydrogen-bond donors (Lipinski definition) is 1. The molecule has 0 fully saturated rings. The van der Waals surface area contributed by atoms with Crippen LogP contribution >= 0.6 is 0 Å². The van der Waals surface area contributed by atoms with Crippen molar-refractivity contribution in [1.29, 1.82) is 0 Å². The van der Waals surface area contributed by atoms with E-state index in [2.05, 4.69) is 4.74 Å². The molecule has 0 aliphatic rings. The minimum atomic E-state index is -0.484. The number of esters is 1. The molecule has 4 nitrogen and oxygen atoms in total. The molecule has 11 heavy (non-hydrogen) atoms. The molecule has 2 N–H and O–H groups in total. The standard InChI is InChI=1S/C7H16N2O2/c1-9(2)5-4-6(8)7(10)11-3/h6H,4-5,8H2,1-3H3/t6-/m1/s1. The van der Waals surface area contributed by atoms with Crippen molar-refractivity contribution in [1.82, 2.24) is 4.90 Å². The molecule has 0 aliphatic carbocycles. The largest absolute Gasteiger partial charge is 0.468 e. The Labute approximate surface area is 67.3 Å². The maximum Gasteiger partial charge on any atom is 0.322 e. The van der Waals surface area contributed by atoms with Crippen LogP contribution in [0, 0.1) is 0 Å². The molecule has 0 spiro atoms. The molecule has 0 aromatic rings. The van der Waals surface area contributed by atoms with E-state index in [4.69, 9.17) is 5.73 Å². The molecule has 0 unspecified atom stereocenters. The predicted molar refractivity (Wildman–Crippen MR) is 43.2 cm³/mol. The van der Waals surface area contributed by atoms with E-state index in [0.29, 0.717) is 6.42 Å². The Morgan fingerprint density at radius 3 is 2.55 bits per heavy atom. The fraction of sp³-hybridized carbons (Fsp3) is 0.857. The van der Waals surface area contributed by atoms with E-state index in [1.165, 1.54) is 7.11 Å². The number of carbonyl (C=O) groups is 1. The van der Waals surface area contributed by atoms with Gasteiger partial charge in [-0.1, -0.05) is 0 Å². The van der Waals surface area contributed by atoms with Gasteiger partial charge in [-0.3, -0.25) is 4.79 Å². The van der Waals surface area contributed by atoms with Crippen LogP contribution in [0.2, 0.25) is 0 Å². The summed E-state index contributed by atoms with van der Waals surface area (Å²) in [6.07, 6.45) is 0.639. The highest BCUT2D eigenvalue weighted by molar-refractivity contribution is 5.75. The van der Waals surface area contributed by atoms with Crippen molar-refractivity contribution in [2.45, 2.75) is 12.5 Å². The van der Waals surface area contributed by atoms with Crippen LogP contribution in [0.15, 0.2) is 0 Å². The van der Waals surface area contributed by atoms with Crippen molar-refractivity contribution >= 4 is 5.97 Å². The van der Waals surface area contributed by atoms with Crippen molar-refractivity contribution in [3.05, 3.63) is 0 Å². The molecule has 0 aromatic carbocycles. The summed E-state index contributed by atoms with van der Waals surface area (Å²) in [4.78, 5) is 12.7. The number of nitrogens with zero attached hydrogens (tertiary/aromatic N) is 1. The number of ether oxygens (including phenoxy) is 1. The lowest BCUT2D eigenvalue weighted by Gasteiger charge is -2.12. The second-order valence-corrected chi connectivity index (χ2v) is 2.72. The number of rotatable bonds is 4. The molecular formula is C7H16N2O2. The van der Waals surface area contributed by atoms with E-state index >= 15 is 0 Å². The zero-order valence-electron chi connectivity index (χ0n) is 7.33. The van der Waals surface area contributed by atoms with Gasteiger partial charge in [0.2, 0.25) is 0 Å². The van der Waals surface area contributed by atoms with Gasteiger partial charge >= 0.3 is 5.97 Å². The van der Waals surface area contributed by atoms with Crippen LogP contribution in [0.25, 0.3) is 0 Å². The van der Waals surface area contributed by atoms with Gasteiger partial charge in [-0.15, -0.1) is 0 Å². The fourth-order valence-corrected chi connectivity index (χ4v) is 0.667. The van der Waals surface area contributed by atoms with Gasteiger partial charge in [0.05, 0.1) is 7.11 Å². The zero-order valence-corrected chi connectivity index (χ0v) is 7.33. The molecule has 1 atom stereocenters. The Morgan fingerprint density at radius 2 is 2.18 bits per heavy atom. The van der Waals surface area contributed by atoms with E-state index in [0.717, 1.165) is 6.54 Å². The summed E-state index contributed by atoms with van der Waals surface area (Å²) in [6.45, 7) is 0.802. The molecule has 0 aromatic heterocycles. The SMILES string of the molecule is COC(=O)[C@H](N)CCN(C)C. The third-order valence-corrected chi connectivity index (χ3v) is 1.39. The van der Waals surface area contributed by atoms with Crippen LogP contribution in [-0.2, 0) is 9.53 Å². The molecule has 0 amide bonds. The lowest BCUT2D eigenvalue weighted by molar-refractivity contribution is -0.142. The summed E-state index contributed by atoms with van der Waals surface area (Å²) < 4.78 is 4.46. The zero-order chi connectivity index (χ0) is 8.85. The monoisotopic (exact) mass is 160 g/mol. The molecule has 0 saturated carbocycles. The highest BCUT2D eigenvalue weighted by Crippen LogP contribution is 1.91. The number of carbonyl (C=O) groups excluding carboxylic acids is 1. The summed E-state index contributed by atoms with van der Waals surface area (Å²) in [5, 5.41) is 0. The summed E-state index contributed by atoms with van der Waals surface area (Å²) >= 11 is 0. The van der Waals surface area contributed by atoms with Crippen molar-refractivity contribution in [3.63, 3.8) is 0 Å². The van der Waals surface area contributed by atoms with Gasteiger partial charge in [0, 0.05) is 0 Å². The Kier molecular flexibility index (Phi) is 4.81. The van der Waals surface area contributed by atoms with Gasteiger partial charge in [0.25, 0.3) is 0 Å². The number of methoxy groups -OCH3 is 1. The first-order valence-electron chi connectivity index (χ1n) is 3.56. The average molecular weight is 160 g/mol. The van der Waals surface area contributed by atoms with Crippen molar-refractivity contribution in [3.8, 4) is 0 Å². The first-order valence-corrected chi connectivity index (χ1v) is 3.56. The number of hydrogen-bond acceptors (Lipinski definition) is 4. The summed E-state index contributed by atoms with van der Waals surface area (Å²) in [7, 11) is 5.21. The topological polar surface area (TPSA) is 55.6 Å². The highest BCUT2D eigenvalue weighted by Gasteiger charge is 2.12. The molecule has 0 aliphatic heterocycles. The van der Waals surface area contributed by atoms with Gasteiger partial charge in [-0.05, 0) is 27.1 Å². The lowest BCUT2D eigenvalue weighted by Crippen LogP contribution is -2.34. The Morgan fingerprint density at radius 1 is 1.64 bits per heavy atom. The van der Waals surface area contributed by atoms with Gasteiger partial charge < -0.3 is 15.4 Å². The third-order valence-electron chi connectivity index (χ3n) is 1.39.